The minimum atomic E-state index is -0.744. The highest BCUT2D eigenvalue weighted by atomic mass is 16.2. The molecule has 1 aliphatic heterocycles. The molecule has 20 heavy (non-hydrogen) atoms. The molecule has 2 rings (SSSR count). The number of hydrogen-bond donors (Lipinski definition) is 3. The molecule has 1 heterocycles. The minimum absolute atomic E-state index is 0.119. The van der Waals surface area contributed by atoms with E-state index in [1.54, 1.807) is 0 Å². The predicted molar refractivity (Wildman–Crippen MR) is 76.9 cm³/mol. The molecule has 0 aliphatic carbocycles. The molecule has 1 aromatic carbocycles. The largest absolute Gasteiger partial charge is 0.354 e. The van der Waals surface area contributed by atoms with Gasteiger partial charge in [0.05, 0.1) is 0 Å². The molecule has 0 bridgehead atoms. The summed E-state index contributed by atoms with van der Waals surface area (Å²) in [7, 11) is 0. The summed E-state index contributed by atoms with van der Waals surface area (Å²) in [5.74, 6) is -0.428. The summed E-state index contributed by atoms with van der Waals surface area (Å²) in [6, 6.07) is 6.30. The van der Waals surface area contributed by atoms with Gasteiger partial charge in [-0.1, -0.05) is 29.8 Å². The number of nitrogens with one attached hydrogen (secondary N) is 2. The maximum atomic E-state index is 12.1. The van der Waals surface area contributed by atoms with E-state index in [9.17, 15) is 9.59 Å². The summed E-state index contributed by atoms with van der Waals surface area (Å²) in [5.41, 5.74) is 7.81. The first-order chi connectivity index (χ1) is 9.58. The topological polar surface area (TPSA) is 84.2 Å². The monoisotopic (exact) mass is 275 g/mol. The molecule has 0 saturated carbocycles. The lowest BCUT2D eigenvalue weighted by Gasteiger charge is -2.18. The maximum absolute atomic E-state index is 12.1. The Morgan fingerprint density at radius 3 is 2.75 bits per heavy atom. The zero-order valence-corrected chi connectivity index (χ0v) is 11.7. The predicted octanol–water partition coefficient (Wildman–Crippen LogP) is 0.780. The van der Waals surface area contributed by atoms with Crippen LogP contribution in [0.1, 0.15) is 36.4 Å². The molecule has 1 aliphatic rings. The molecule has 2 unspecified atom stereocenters. The first-order valence-corrected chi connectivity index (χ1v) is 6.98. The Labute approximate surface area is 118 Å². The van der Waals surface area contributed by atoms with Crippen LogP contribution in [0.15, 0.2) is 24.3 Å². The second-order valence-corrected chi connectivity index (χ2v) is 5.24. The Morgan fingerprint density at radius 1 is 1.35 bits per heavy atom. The van der Waals surface area contributed by atoms with Crippen molar-refractivity contribution in [3.8, 4) is 0 Å². The van der Waals surface area contributed by atoms with E-state index in [0.717, 1.165) is 24.0 Å². The molecule has 0 radical (unpaired) electrons. The minimum Gasteiger partial charge on any atom is -0.354 e. The standard InChI is InChI=1S/C15H21N3O2/c1-10-5-7-11(8-6-10)13(16)15(20)18-12-4-2-3-9-17-14(12)19/h5-8,12-13H,2-4,9,16H2,1H3,(H,17,19)(H,18,20). The lowest BCUT2D eigenvalue weighted by Crippen LogP contribution is -2.48. The van der Waals surface area contributed by atoms with Crippen molar-refractivity contribution in [3.05, 3.63) is 35.4 Å². The van der Waals surface area contributed by atoms with E-state index >= 15 is 0 Å². The average molecular weight is 275 g/mol. The van der Waals surface area contributed by atoms with Crippen LogP contribution in [-0.2, 0) is 9.59 Å². The number of aryl methyl sites for hydroxylation is 1. The molecule has 2 amide bonds. The third kappa shape index (κ3) is 3.57. The Morgan fingerprint density at radius 2 is 2.05 bits per heavy atom. The zero-order valence-electron chi connectivity index (χ0n) is 11.7. The Kier molecular flexibility index (Phi) is 4.74. The second kappa shape index (κ2) is 6.52. The van der Waals surface area contributed by atoms with Gasteiger partial charge in [-0.25, -0.2) is 0 Å². The fourth-order valence-corrected chi connectivity index (χ4v) is 2.26. The van der Waals surface area contributed by atoms with Crippen LogP contribution in [0.2, 0.25) is 0 Å². The number of amides is 2. The van der Waals surface area contributed by atoms with Gasteiger partial charge in [-0.2, -0.15) is 0 Å². The third-order valence-electron chi connectivity index (χ3n) is 3.57. The smallest absolute Gasteiger partial charge is 0.242 e. The number of carbonyl (C=O) groups is 2. The van der Waals surface area contributed by atoms with E-state index in [2.05, 4.69) is 10.6 Å². The van der Waals surface area contributed by atoms with Crippen molar-refractivity contribution in [2.45, 2.75) is 38.3 Å². The molecule has 5 heteroatoms. The van der Waals surface area contributed by atoms with Crippen molar-refractivity contribution >= 4 is 11.8 Å². The number of nitrogens with two attached hydrogens (primary N) is 1. The number of hydrogen-bond acceptors (Lipinski definition) is 3. The molecule has 4 N–H and O–H groups in total. The lowest BCUT2D eigenvalue weighted by atomic mass is 10.0. The van der Waals surface area contributed by atoms with E-state index in [0.29, 0.717) is 13.0 Å². The highest BCUT2D eigenvalue weighted by molar-refractivity contribution is 5.90. The van der Waals surface area contributed by atoms with Crippen LogP contribution in [-0.4, -0.2) is 24.4 Å². The van der Waals surface area contributed by atoms with Crippen molar-refractivity contribution in [3.63, 3.8) is 0 Å². The molecular formula is C15H21N3O2. The Balaban J connectivity index is 1.99. The van der Waals surface area contributed by atoms with Gasteiger partial charge in [0.1, 0.15) is 12.1 Å². The van der Waals surface area contributed by atoms with Crippen LogP contribution in [0.3, 0.4) is 0 Å². The van der Waals surface area contributed by atoms with Crippen LogP contribution in [0, 0.1) is 6.92 Å². The Bertz CT molecular complexity index is 484. The molecular weight excluding hydrogens is 254 g/mol. The number of rotatable bonds is 3. The van der Waals surface area contributed by atoms with Gasteiger partial charge in [0.15, 0.2) is 0 Å². The summed E-state index contributed by atoms with van der Waals surface area (Å²) in [4.78, 5) is 23.9. The lowest BCUT2D eigenvalue weighted by molar-refractivity contribution is -0.129. The quantitative estimate of drug-likeness (QED) is 0.762. The van der Waals surface area contributed by atoms with Gasteiger partial charge in [-0.05, 0) is 31.7 Å². The van der Waals surface area contributed by atoms with E-state index in [-0.39, 0.29) is 11.8 Å². The van der Waals surface area contributed by atoms with Crippen LogP contribution in [0.25, 0.3) is 0 Å². The summed E-state index contributed by atoms with van der Waals surface area (Å²) in [5, 5.41) is 5.54. The van der Waals surface area contributed by atoms with E-state index in [1.807, 2.05) is 31.2 Å². The van der Waals surface area contributed by atoms with Gasteiger partial charge in [-0.15, -0.1) is 0 Å². The van der Waals surface area contributed by atoms with E-state index < -0.39 is 12.1 Å². The highest BCUT2D eigenvalue weighted by Gasteiger charge is 2.25. The molecule has 1 aromatic rings. The first kappa shape index (κ1) is 14.5. The van der Waals surface area contributed by atoms with Gasteiger partial charge in [-0.3, -0.25) is 9.59 Å². The van der Waals surface area contributed by atoms with Crippen molar-refractivity contribution in [1.29, 1.82) is 0 Å². The Hall–Kier alpha value is -1.88. The summed E-state index contributed by atoms with van der Waals surface area (Å²) >= 11 is 0. The van der Waals surface area contributed by atoms with Gasteiger partial charge >= 0.3 is 0 Å². The van der Waals surface area contributed by atoms with Crippen molar-refractivity contribution in [2.24, 2.45) is 5.73 Å². The number of carbonyl (C=O) groups excluding carboxylic acids is 2. The highest BCUT2D eigenvalue weighted by Crippen LogP contribution is 2.13. The van der Waals surface area contributed by atoms with Crippen molar-refractivity contribution in [2.75, 3.05) is 6.54 Å². The zero-order chi connectivity index (χ0) is 14.5. The molecule has 1 fully saturated rings. The molecule has 1 saturated heterocycles. The summed E-state index contributed by atoms with van der Waals surface area (Å²) in [6.45, 7) is 2.65. The fourth-order valence-electron chi connectivity index (χ4n) is 2.26. The van der Waals surface area contributed by atoms with Gasteiger partial charge in [0.25, 0.3) is 0 Å². The third-order valence-corrected chi connectivity index (χ3v) is 3.57. The van der Waals surface area contributed by atoms with Gasteiger partial charge < -0.3 is 16.4 Å². The summed E-state index contributed by atoms with van der Waals surface area (Å²) < 4.78 is 0. The van der Waals surface area contributed by atoms with E-state index in [1.165, 1.54) is 0 Å². The molecule has 2 atom stereocenters. The normalized spacial score (nSPS) is 20.7. The molecule has 0 aromatic heterocycles. The first-order valence-electron chi connectivity index (χ1n) is 6.98. The van der Waals surface area contributed by atoms with Gasteiger partial charge in [0, 0.05) is 6.54 Å². The molecule has 108 valence electrons. The van der Waals surface area contributed by atoms with Crippen molar-refractivity contribution in [1.82, 2.24) is 10.6 Å². The fraction of sp³-hybridized carbons (Fsp3) is 0.467. The van der Waals surface area contributed by atoms with Crippen molar-refractivity contribution < 1.29 is 9.59 Å². The maximum Gasteiger partial charge on any atom is 0.242 e. The number of benzene rings is 1. The SMILES string of the molecule is Cc1ccc(C(N)C(=O)NC2CCCCNC2=O)cc1. The summed E-state index contributed by atoms with van der Waals surface area (Å²) in [6.07, 6.45) is 2.53. The molecule has 5 nitrogen and oxygen atoms in total. The average Bonchev–Trinajstić information content (AvgIpc) is 2.64. The van der Waals surface area contributed by atoms with Gasteiger partial charge in [0.2, 0.25) is 11.8 Å². The van der Waals surface area contributed by atoms with Crippen LogP contribution >= 0.6 is 0 Å². The van der Waals surface area contributed by atoms with E-state index in [4.69, 9.17) is 5.73 Å². The van der Waals surface area contributed by atoms with Crippen LogP contribution in [0.5, 0.6) is 0 Å². The second-order valence-electron chi connectivity index (χ2n) is 5.24. The van der Waals surface area contributed by atoms with Crippen LogP contribution < -0.4 is 16.4 Å². The van der Waals surface area contributed by atoms with Crippen LogP contribution in [0.4, 0.5) is 0 Å². The molecule has 0 spiro atoms.